The lowest BCUT2D eigenvalue weighted by atomic mass is 10.1. The van der Waals surface area contributed by atoms with E-state index in [4.69, 9.17) is 18.6 Å². The summed E-state index contributed by atoms with van der Waals surface area (Å²) in [7, 11) is 6.40. The van der Waals surface area contributed by atoms with Gasteiger partial charge in [0.1, 0.15) is 0 Å². The number of amides is 1. The summed E-state index contributed by atoms with van der Waals surface area (Å²) in [6, 6.07) is 13.3. The zero-order chi connectivity index (χ0) is 22.4. The molecule has 0 radical (unpaired) electrons. The summed E-state index contributed by atoms with van der Waals surface area (Å²) in [4.78, 5) is 14.3. The molecule has 0 aliphatic rings. The number of thioether (sulfide) groups is 1. The van der Waals surface area contributed by atoms with Crippen LogP contribution in [-0.2, 0) is 4.79 Å². The molecular formula is C22H25N3O5S. The fourth-order valence-corrected chi connectivity index (χ4v) is 3.67. The number of hydrogen-bond acceptors (Lipinski definition) is 8. The van der Waals surface area contributed by atoms with E-state index in [1.54, 1.807) is 24.1 Å². The smallest absolute Gasteiger partial charge is 0.277 e. The number of ether oxygens (including phenoxy) is 3. The van der Waals surface area contributed by atoms with E-state index in [1.165, 1.54) is 33.1 Å². The molecule has 1 aromatic heterocycles. The Kier molecular flexibility index (Phi) is 7.41. The molecule has 1 atom stereocenters. The summed E-state index contributed by atoms with van der Waals surface area (Å²) >= 11 is 1.19. The molecule has 9 heteroatoms. The van der Waals surface area contributed by atoms with Crippen molar-refractivity contribution in [2.24, 2.45) is 0 Å². The highest BCUT2D eigenvalue weighted by Crippen LogP contribution is 2.41. The molecule has 1 heterocycles. The van der Waals surface area contributed by atoms with E-state index >= 15 is 0 Å². The van der Waals surface area contributed by atoms with Crippen LogP contribution in [0.2, 0.25) is 0 Å². The predicted molar refractivity (Wildman–Crippen MR) is 118 cm³/mol. The molecule has 1 unspecified atom stereocenters. The number of carbonyl (C=O) groups excluding carboxylic acids is 1. The topological polar surface area (TPSA) is 86.9 Å². The number of benzene rings is 2. The summed E-state index contributed by atoms with van der Waals surface area (Å²) in [5.41, 5.74) is 1.70. The molecule has 0 spiro atoms. The normalized spacial score (nSPS) is 11.6. The summed E-state index contributed by atoms with van der Waals surface area (Å²) < 4.78 is 21.8. The lowest BCUT2D eigenvalue weighted by molar-refractivity contribution is -0.128. The summed E-state index contributed by atoms with van der Waals surface area (Å²) in [5, 5.41) is 8.43. The Bertz CT molecular complexity index is 1000. The van der Waals surface area contributed by atoms with Crippen LogP contribution in [0.1, 0.15) is 18.5 Å². The number of carbonyl (C=O) groups is 1. The van der Waals surface area contributed by atoms with Gasteiger partial charge in [-0.25, -0.2) is 0 Å². The van der Waals surface area contributed by atoms with Crippen molar-refractivity contribution in [1.29, 1.82) is 0 Å². The Hall–Kier alpha value is -3.20. The zero-order valence-electron chi connectivity index (χ0n) is 18.1. The molecule has 0 bridgehead atoms. The van der Waals surface area contributed by atoms with Crippen molar-refractivity contribution >= 4 is 17.7 Å². The van der Waals surface area contributed by atoms with Crippen molar-refractivity contribution in [2.75, 3.05) is 34.1 Å². The number of rotatable bonds is 9. The molecule has 3 rings (SSSR count). The van der Waals surface area contributed by atoms with E-state index in [9.17, 15) is 4.79 Å². The Morgan fingerprint density at radius 3 is 2.29 bits per heavy atom. The first-order chi connectivity index (χ1) is 15.0. The predicted octanol–water partition coefficient (Wildman–Crippen LogP) is 4.07. The standard InChI is InChI=1S/C22H25N3O5S/c1-14(15-9-7-6-8-10-15)25(2)19(26)13-31-22-24-23-21(30-22)16-11-17(27-3)20(29-5)18(12-16)28-4/h6-12,14H,13H2,1-5H3. The van der Waals surface area contributed by atoms with E-state index in [0.717, 1.165) is 5.56 Å². The molecule has 31 heavy (non-hydrogen) atoms. The molecule has 3 aromatic rings. The molecule has 1 amide bonds. The monoisotopic (exact) mass is 443 g/mol. The van der Waals surface area contributed by atoms with Gasteiger partial charge in [-0.2, -0.15) is 0 Å². The highest BCUT2D eigenvalue weighted by atomic mass is 32.2. The van der Waals surface area contributed by atoms with Gasteiger partial charge in [0.05, 0.1) is 33.1 Å². The van der Waals surface area contributed by atoms with Crippen LogP contribution in [0.3, 0.4) is 0 Å². The van der Waals surface area contributed by atoms with Gasteiger partial charge >= 0.3 is 0 Å². The van der Waals surface area contributed by atoms with Gasteiger partial charge in [0, 0.05) is 12.6 Å². The SMILES string of the molecule is COc1cc(-c2nnc(SCC(=O)N(C)C(C)c3ccccc3)o2)cc(OC)c1OC. The van der Waals surface area contributed by atoms with Gasteiger partial charge < -0.3 is 23.5 Å². The van der Waals surface area contributed by atoms with Crippen LogP contribution in [0.25, 0.3) is 11.5 Å². The summed E-state index contributed by atoms with van der Waals surface area (Å²) in [5.74, 6) is 1.88. The van der Waals surface area contributed by atoms with Gasteiger partial charge in [-0.1, -0.05) is 42.1 Å². The van der Waals surface area contributed by atoms with Crippen LogP contribution in [-0.4, -0.2) is 55.1 Å². The maximum Gasteiger partial charge on any atom is 0.277 e. The second kappa shape index (κ2) is 10.2. The summed E-state index contributed by atoms with van der Waals surface area (Å²) in [6.45, 7) is 1.99. The lowest BCUT2D eigenvalue weighted by Crippen LogP contribution is -2.31. The first-order valence-corrected chi connectivity index (χ1v) is 10.5. The van der Waals surface area contributed by atoms with Gasteiger partial charge in [0.2, 0.25) is 17.5 Å². The van der Waals surface area contributed by atoms with Crippen molar-refractivity contribution < 1.29 is 23.4 Å². The summed E-state index contributed by atoms with van der Waals surface area (Å²) in [6.07, 6.45) is 0. The Morgan fingerprint density at radius 2 is 1.71 bits per heavy atom. The minimum atomic E-state index is -0.0354. The van der Waals surface area contributed by atoms with Gasteiger partial charge in [-0.05, 0) is 24.6 Å². The molecule has 0 saturated carbocycles. The van der Waals surface area contributed by atoms with Gasteiger partial charge in [-0.15, -0.1) is 10.2 Å². The van der Waals surface area contributed by atoms with Crippen LogP contribution < -0.4 is 14.2 Å². The van der Waals surface area contributed by atoms with E-state index in [1.807, 2.05) is 37.3 Å². The van der Waals surface area contributed by atoms with Crippen molar-refractivity contribution in [2.45, 2.75) is 18.2 Å². The molecule has 0 aliphatic carbocycles. The second-order valence-electron chi connectivity index (χ2n) is 6.67. The third kappa shape index (κ3) is 5.11. The average molecular weight is 444 g/mol. The molecular weight excluding hydrogens is 418 g/mol. The Morgan fingerprint density at radius 1 is 1.06 bits per heavy atom. The third-order valence-corrected chi connectivity index (χ3v) is 5.70. The van der Waals surface area contributed by atoms with Gasteiger partial charge in [0.25, 0.3) is 5.22 Å². The van der Waals surface area contributed by atoms with E-state index in [-0.39, 0.29) is 17.7 Å². The maximum absolute atomic E-state index is 12.6. The zero-order valence-corrected chi connectivity index (χ0v) is 18.9. The molecule has 2 aromatic carbocycles. The van der Waals surface area contributed by atoms with Crippen molar-refractivity contribution in [3.8, 4) is 28.7 Å². The maximum atomic E-state index is 12.6. The quantitative estimate of drug-likeness (QED) is 0.457. The number of hydrogen-bond donors (Lipinski definition) is 0. The van der Waals surface area contributed by atoms with Crippen molar-refractivity contribution in [3.63, 3.8) is 0 Å². The molecule has 0 aliphatic heterocycles. The van der Waals surface area contributed by atoms with Crippen molar-refractivity contribution in [1.82, 2.24) is 15.1 Å². The van der Waals surface area contributed by atoms with Crippen LogP contribution in [0.5, 0.6) is 17.2 Å². The highest BCUT2D eigenvalue weighted by molar-refractivity contribution is 7.99. The fraction of sp³-hybridized carbons (Fsp3) is 0.318. The first kappa shape index (κ1) is 22.5. The Balaban J connectivity index is 1.68. The molecule has 0 fully saturated rings. The number of aromatic nitrogens is 2. The van der Waals surface area contributed by atoms with E-state index in [0.29, 0.717) is 33.9 Å². The van der Waals surface area contributed by atoms with E-state index < -0.39 is 0 Å². The minimum Gasteiger partial charge on any atom is -0.493 e. The van der Waals surface area contributed by atoms with Crippen LogP contribution in [0.4, 0.5) is 0 Å². The first-order valence-electron chi connectivity index (χ1n) is 9.55. The van der Waals surface area contributed by atoms with E-state index in [2.05, 4.69) is 10.2 Å². The highest BCUT2D eigenvalue weighted by Gasteiger charge is 2.20. The van der Waals surface area contributed by atoms with Gasteiger partial charge in [0.15, 0.2) is 11.5 Å². The molecule has 8 nitrogen and oxygen atoms in total. The average Bonchev–Trinajstić information content (AvgIpc) is 3.30. The number of nitrogens with zero attached hydrogens (tertiary/aromatic N) is 3. The number of methoxy groups -OCH3 is 3. The minimum absolute atomic E-state index is 0.0334. The lowest BCUT2D eigenvalue weighted by Gasteiger charge is -2.25. The Labute approximate surface area is 185 Å². The molecule has 0 N–H and O–H groups in total. The molecule has 164 valence electrons. The largest absolute Gasteiger partial charge is 0.493 e. The third-order valence-electron chi connectivity index (χ3n) is 4.89. The molecule has 0 saturated heterocycles. The fourth-order valence-electron chi connectivity index (χ4n) is 2.99. The van der Waals surface area contributed by atoms with Gasteiger partial charge in [-0.3, -0.25) is 4.79 Å². The van der Waals surface area contributed by atoms with Crippen LogP contribution in [0, 0.1) is 0 Å². The van der Waals surface area contributed by atoms with Crippen molar-refractivity contribution in [3.05, 3.63) is 48.0 Å². The van der Waals surface area contributed by atoms with Crippen LogP contribution in [0.15, 0.2) is 52.1 Å². The van der Waals surface area contributed by atoms with Crippen LogP contribution >= 0.6 is 11.8 Å². The second-order valence-corrected chi connectivity index (χ2v) is 7.59.